The molecule has 4 nitrogen and oxygen atoms in total. The Morgan fingerprint density at radius 3 is 2.62 bits per heavy atom. The van der Waals surface area contributed by atoms with E-state index in [0.29, 0.717) is 17.2 Å². The number of halogens is 1. The zero-order valence-electron chi connectivity index (χ0n) is 9.05. The quantitative estimate of drug-likeness (QED) is 0.898. The first-order valence-electron chi connectivity index (χ1n) is 4.74. The maximum Gasteiger partial charge on any atom is 0.252 e. The van der Waals surface area contributed by atoms with E-state index in [1.807, 2.05) is 0 Å². The molecule has 0 radical (unpaired) electrons. The minimum atomic E-state index is -3.40. The molecule has 1 unspecified atom stereocenters. The van der Waals surface area contributed by atoms with E-state index in [4.69, 9.17) is 5.11 Å². The van der Waals surface area contributed by atoms with Crippen molar-refractivity contribution in [3.8, 4) is 0 Å². The largest absolute Gasteiger partial charge is 0.393 e. The number of nitrogens with zero attached hydrogens (tertiary/aromatic N) is 1. The van der Waals surface area contributed by atoms with Crippen molar-refractivity contribution in [3.05, 3.63) is 15.9 Å². The van der Waals surface area contributed by atoms with Gasteiger partial charge in [0.05, 0.1) is 9.89 Å². The van der Waals surface area contributed by atoms with Crippen LogP contribution in [0.15, 0.2) is 20.1 Å². The van der Waals surface area contributed by atoms with Gasteiger partial charge in [-0.25, -0.2) is 12.7 Å². The molecule has 0 aliphatic rings. The number of rotatable bonds is 5. The maximum absolute atomic E-state index is 12.0. The van der Waals surface area contributed by atoms with E-state index in [9.17, 15) is 8.42 Å². The summed E-state index contributed by atoms with van der Waals surface area (Å²) < 4.78 is 26.3. The fourth-order valence-corrected chi connectivity index (χ4v) is 4.49. The zero-order valence-corrected chi connectivity index (χ0v) is 12.3. The summed E-state index contributed by atoms with van der Waals surface area (Å²) in [7, 11) is -1.88. The lowest BCUT2D eigenvalue weighted by Crippen LogP contribution is -2.29. The molecule has 1 rings (SSSR count). The lowest BCUT2D eigenvalue weighted by atomic mass is 10.3. The Labute approximate surface area is 108 Å². The van der Waals surface area contributed by atoms with Gasteiger partial charge in [0.25, 0.3) is 10.0 Å². The van der Waals surface area contributed by atoms with Gasteiger partial charge in [-0.2, -0.15) is 0 Å². The van der Waals surface area contributed by atoms with Crippen molar-refractivity contribution in [1.82, 2.24) is 4.31 Å². The van der Waals surface area contributed by atoms with Crippen molar-refractivity contribution in [2.24, 2.45) is 0 Å². The first-order chi connectivity index (χ1) is 7.34. The smallest absolute Gasteiger partial charge is 0.252 e. The van der Waals surface area contributed by atoms with Crippen LogP contribution < -0.4 is 0 Å². The minimum absolute atomic E-state index is 0.312. The van der Waals surface area contributed by atoms with E-state index in [2.05, 4.69) is 15.9 Å². The Kier molecular flexibility index (Phi) is 4.93. The predicted molar refractivity (Wildman–Crippen MR) is 68.1 cm³/mol. The summed E-state index contributed by atoms with van der Waals surface area (Å²) in [6, 6.07) is 3.28. The van der Waals surface area contributed by atoms with Crippen LogP contribution in [0.2, 0.25) is 0 Å². The monoisotopic (exact) mass is 327 g/mol. The first kappa shape index (κ1) is 14.1. The molecule has 1 aromatic rings. The van der Waals surface area contributed by atoms with Crippen LogP contribution in [0.25, 0.3) is 0 Å². The van der Waals surface area contributed by atoms with E-state index in [1.165, 1.54) is 22.7 Å². The van der Waals surface area contributed by atoms with Gasteiger partial charge in [-0.15, -0.1) is 11.3 Å². The maximum atomic E-state index is 12.0. The minimum Gasteiger partial charge on any atom is -0.393 e. The molecule has 16 heavy (non-hydrogen) atoms. The number of aliphatic hydroxyl groups is 1. The van der Waals surface area contributed by atoms with E-state index in [0.717, 1.165) is 3.79 Å². The number of thiophene rings is 1. The Balaban J connectivity index is 2.78. The molecule has 0 saturated carbocycles. The highest BCUT2D eigenvalue weighted by molar-refractivity contribution is 9.11. The van der Waals surface area contributed by atoms with Crippen LogP contribution >= 0.6 is 27.3 Å². The molecule has 0 bridgehead atoms. The Morgan fingerprint density at radius 1 is 1.56 bits per heavy atom. The van der Waals surface area contributed by atoms with E-state index in [-0.39, 0.29) is 0 Å². The van der Waals surface area contributed by atoms with Gasteiger partial charge in [-0.1, -0.05) is 0 Å². The van der Waals surface area contributed by atoms with Gasteiger partial charge < -0.3 is 5.11 Å². The summed E-state index contributed by atoms with van der Waals surface area (Å²) >= 11 is 4.41. The molecule has 0 aliphatic carbocycles. The standard InChI is InChI=1S/C9H14BrNO3S2/c1-7(12)5-6-11(2)16(13,14)9-4-3-8(10)15-9/h3-4,7,12H,5-6H2,1-2H3. The predicted octanol–water partition coefficient (Wildman–Crippen LogP) is 1.90. The molecular weight excluding hydrogens is 314 g/mol. The lowest BCUT2D eigenvalue weighted by Gasteiger charge is -2.16. The van der Waals surface area contributed by atoms with Gasteiger partial charge in [0.15, 0.2) is 0 Å². The van der Waals surface area contributed by atoms with Crippen molar-refractivity contribution in [1.29, 1.82) is 0 Å². The second-order valence-corrected chi connectivity index (χ2v) is 8.26. The number of hydrogen-bond donors (Lipinski definition) is 1. The Bertz CT molecular complexity index is 441. The fourth-order valence-electron chi connectivity index (χ4n) is 1.08. The second-order valence-electron chi connectivity index (χ2n) is 3.52. The highest BCUT2D eigenvalue weighted by Gasteiger charge is 2.22. The first-order valence-corrected chi connectivity index (χ1v) is 7.78. The van der Waals surface area contributed by atoms with Crippen LogP contribution in [0.4, 0.5) is 0 Å². The Morgan fingerprint density at radius 2 is 2.19 bits per heavy atom. The summed E-state index contributed by atoms with van der Waals surface area (Å²) in [6.07, 6.45) is -0.0600. The summed E-state index contributed by atoms with van der Waals surface area (Å²) in [4.78, 5) is 0. The molecule has 0 saturated heterocycles. The highest BCUT2D eigenvalue weighted by atomic mass is 79.9. The van der Waals surface area contributed by atoms with Crippen LogP contribution in [-0.2, 0) is 10.0 Å². The van der Waals surface area contributed by atoms with Gasteiger partial charge in [0, 0.05) is 13.6 Å². The summed E-state index contributed by atoms with van der Waals surface area (Å²) in [5.74, 6) is 0. The Hall–Kier alpha value is 0.0500. The van der Waals surface area contributed by atoms with E-state index >= 15 is 0 Å². The molecule has 1 N–H and O–H groups in total. The molecule has 1 atom stereocenters. The van der Waals surface area contributed by atoms with Crippen molar-refractivity contribution >= 4 is 37.3 Å². The van der Waals surface area contributed by atoms with Crippen LogP contribution in [0.5, 0.6) is 0 Å². The molecule has 0 fully saturated rings. The number of sulfonamides is 1. The van der Waals surface area contributed by atoms with Crippen molar-refractivity contribution in [2.75, 3.05) is 13.6 Å². The van der Waals surface area contributed by atoms with E-state index < -0.39 is 16.1 Å². The molecule has 7 heteroatoms. The molecular formula is C9H14BrNO3S2. The molecule has 0 spiro atoms. The topological polar surface area (TPSA) is 57.6 Å². The molecule has 1 heterocycles. The van der Waals surface area contributed by atoms with E-state index in [1.54, 1.807) is 19.1 Å². The lowest BCUT2D eigenvalue weighted by molar-refractivity contribution is 0.177. The van der Waals surface area contributed by atoms with Crippen LogP contribution in [0.3, 0.4) is 0 Å². The van der Waals surface area contributed by atoms with Crippen molar-refractivity contribution in [3.63, 3.8) is 0 Å². The van der Waals surface area contributed by atoms with Crippen molar-refractivity contribution in [2.45, 2.75) is 23.7 Å². The third-order valence-corrected chi connectivity index (χ3v) is 6.02. The normalized spacial score (nSPS) is 14.3. The van der Waals surface area contributed by atoms with Crippen LogP contribution in [0, 0.1) is 0 Å². The molecule has 1 aromatic heterocycles. The third kappa shape index (κ3) is 3.53. The molecule has 0 aromatic carbocycles. The van der Waals surface area contributed by atoms with Crippen LogP contribution in [-0.4, -0.2) is 37.5 Å². The molecule has 0 amide bonds. The van der Waals surface area contributed by atoms with Gasteiger partial charge in [-0.05, 0) is 41.4 Å². The summed E-state index contributed by atoms with van der Waals surface area (Å²) in [5.41, 5.74) is 0. The fraction of sp³-hybridized carbons (Fsp3) is 0.556. The average molecular weight is 328 g/mol. The third-order valence-electron chi connectivity index (χ3n) is 2.07. The molecule has 0 aliphatic heterocycles. The van der Waals surface area contributed by atoms with Gasteiger partial charge in [0.1, 0.15) is 4.21 Å². The number of aliphatic hydroxyl groups excluding tert-OH is 1. The second kappa shape index (κ2) is 5.59. The summed E-state index contributed by atoms with van der Waals surface area (Å²) in [6.45, 7) is 1.96. The molecule has 92 valence electrons. The summed E-state index contributed by atoms with van der Waals surface area (Å²) in [5, 5.41) is 9.12. The average Bonchev–Trinajstić information content (AvgIpc) is 2.61. The van der Waals surface area contributed by atoms with Gasteiger partial charge in [0.2, 0.25) is 0 Å². The zero-order chi connectivity index (χ0) is 12.3. The van der Waals surface area contributed by atoms with Crippen LogP contribution in [0.1, 0.15) is 13.3 Å². The van der Waals surface area contributed by atoms with Gasteiger partial charge >= 0.3 is 0 Å². The SMILES string of the molecule is CC(O)CCN(C)S(=O)(=O)c1ccc(Br)s1. The van der Waals surface area contributed by atoms with Gasteiger partial charge in [-0.3, -0.25) is 0 Å². The highest BCUT2D eigenvalue weighted by Crippen LogP contribution is 2.27. The van der Waals surface area contributed by atoms with Crippen molar-refractivity contribution < 1.29 is 13.5 Å². The number of hydrogen-bond acceptors (Lipinski definition) is 4.